The third-order valence-corrected chi connectivity index (χ3v) is 6.73. The molecule has 2 aliphatic rings. The summed E-state index contributed by atoms with van der Waals surface area (Å²) in [6, 6.07) is 8.58. The summed E-state index contributed by atoms with van der Waals surface area (Å²) in [6.07, 6.45) is 5.97. The number of hydrogen-bond acceptors (Lipinski definition) is 4. The Hall–Kier alpha value is -0.880. The standard InChI is InChI=1S/C19H25N3OS.2ClH/c20-15-10-9-13-11-22(12-14(13)15)19(23)8-4-3-7-18-21-16-5-1-2-6-17(16)24-18;;/h1-2,5-6,13-15H,3-4,7-12,20H2;2*1H. The van der Waals surface area contributed by atoms with Gasteiger partial charge in [-0.2, -0.15) is 0 Å². The van der Waals surface area contributed by atoms with Crippen LogP contribution in [0.5, 0.6) is 0 Å². The summed E-state index contributed by atoms with van der Waals surface area (Å²) in [4.78, 5) is 19.1. The number of carbonyl (C=O) groups excluding carboxylic acids is 1. The Morgan fingerprint density at radius 1 is 1.19 bits per heavy atom. The van der Waals surface area contributed by atoms with E-state index >= 15 is 0 Å². The van der Waals surface area contributed by atoms with Crippen molar-refractivity contribution in [2.24, 2.45) is 17.6 Å². The van der Waals surface area contributed by atoms with Crippen molar-refractivity contribution in [2.75, 3.05) is 13.1 Å². The molecule has 2 heterocycles. The van der Waals surface area contributed by atoms with Crippen LogP contribution >= 0.6 is 36.2 Å². The van der Waals surface area contributed by atoms with Gasteiger partial charge >= 0.3 is 0 Å². The maximum Gasteiger partial charge on any atom is 0.222 e. The topological polar surface area (TPSA) is 59.2 Å². The zero-order chi connectivity index (χ0) is 16.5. The lowest BCUT2D eigenvalue weighted by Gasteiger charge is -2.18. The van der Waals surface area contributed by atoms with Gasteiger partial charge in [0.15, 0.2) is 0 Å². The Kier molecular flexibility index (Phi) is 7.71. The van der Waals surface area contributed by atoms with Gasteiger partial charge < -0.3 is 10.6 Å². The molecule has 3 unspecified atom stereocenters. The van der Waals surface area contributed by atoms with Gasteiger partial charge in [0.05, 0.1) is 15.2 Å². The van der Waals surface area contributed by atoms with Gasteiger partial charge in [-0.1, -0.05) is 12.1 Å². The highest BCUT2D eigenvalue weighted by Gasteiger charge is 2.42. The Labute approximate surface area is 171 Å². The van der Waals surface area contributed by atoms with E-state index in [2.05, 4.69) is 28.1 Å². The molecule has 1 saturated heterocycles. The summed E-state index contributed by atoms with van der Waals surface area (Å²) in [5.41, 5.74) is 7.25. The quantitative estimate of drug-likeness (QED) is 0.749. The first-order chi connectivity index (χ1) is 11.7. The van der Waals surface area contributed by atoms with Crippen molar-refractivity contribution in [1.82, 2.24) is 9.88 Å². The molecule has 1 aromatic carbocycles. The van der Waals surface area contributed by atoms with Crippen LogP contribution < -0.4 is 5.73 Å². The highest BCUT2D eigenvalue weighted by molar-refractivity contribution is 7.18. The zero-order valence-electron chi connectivity index (χ0n) is 14.8. The van der Waals surface area contributed by atoms with Crippen molar-refractivity contribution in [3.63, 3.8) is 0 Å². The Balaban J connectivity index is 0.00000121. The smallest absolute Gasteiger partial charge is 0.222 e. The third kappa shape index (κ3) is 4.50. The molecule has 1 saturated carbocycles. The second-order valence-corrected chi connectivity index (χ2v) is 8.36. The number of likely N-dealkylation sites (tertiary alicyclic amines) is 1. The van der Waals surface area contributed by atoms with E-state index in [1.807, 2.05) is 6.07 Å². The lowest BCUT2D eigenvalue weighted by molar-refractivity contribution is -0.130. The second kappa shape index (κ2) is 9.36. The number of unbranched alkanes of at least 4 members (excludes halogenated alkanes) is 1. The number of amides is 1. The van der Waals surface area contributed by atoms with Gasteiger partial charge in [0, 0.05) is 25.6 Å². The summed E-state index contributed by atoms with van der Waals surface area (Å²) in [7, 11) is 0. The highest BCUT2D eigenvalue weighted by Crippen LogP contribution is 2.37. The Morgan fingerprint density at radius 3 is 2.77 bits per heavy atom. The van der Waals surface area contributed by atoms with Crippen LogP contribution in [-0.2, 0) is 11.2 Å². The van der Waals surface area contributed by atoms with E-state index in [4.69, 9.17) is 5.73 Å². The molecule has 0 bridgehead atoms. The van der Waals surface area contributed by atoms with Crippen molar-refractivity contribution < 1.29 is 4.79 Å². The average molecular weight is 416 g/mol. The minimum absolute atomic E-state index is 0. The van der Waals surface area contributed by atoms with E-state index < -0.39 is 0 Å². The van der Waals surface area contributed by atoms with Gasteiger partial charge in [0.25, 0.3) is 0 Å². The van der Waals surface area contributed by atoms with E-state index in [-0.39, 0.29) is 24.8 Å². The monoisotopic (exact) mass is 415 g/mol. The van der Waals surface area contributed by atoms with Crippen LogP contribution in [0.1, 0.15) is 37.1 Å². The van der Waals surface area contributed by atoms with Crippen LogP contribution in [0.2, 0.25) is 0 Å². The number of aryl methyl sites for hydroxylation is 1. The normalized spacial score (nSPS) is 24.2. The summed E-state index contributed by atoms with van der Waals surface area (Å²) in [6.45, 7) is 1.83. The maximum absolute atomic E-state index is 12.4. The molecule has 1 aliphatic heterocycles. The van der Waals surface area contributed by atoms with Crippen LogP contribution in [0, 0.1) is 11.8 Å². The number of nitrogens with two attached hydrogens (primary N) is 1. The van der Waals surface area contributed by atoms with Crippen LogP contribution in [0.3, 0.4) is 0 Å². The van der Waals surface area contributed by atoms with Crippen molar-refractivity contribution in [2.45, 2.75) is 44.6 Å². The molecule has 7 heteroatoms. The first-order valence-electron chi connectivity index (χ1n) is 9.08. The fourth-order valence-electron chi connectivity index (χ4n) is 4.25. The number of hydrogen-bond donors (Lipinski definition) is 1. The number of halogens is 2. The van der Waals surface area contributed by atoms with Gasteiger partial charge in [0.2, 0.25) is 5.91 Å². The fourth-order valence-corrected chi connectivity index (χ4v) is 5.26. The molecule has 0 spiro atoms. The summed E-state index contributed by atoms with van der Waals surface area (Å²) in [5.74, 6) is 1.53. The molecule has 4 rings (SSSR count). The van der Waals surface area contributed by atoms with E-state index in [1.165, 1.54) is 16.1 Å². The zero-order valence-corrected chi connectivity index (χ0v) is 17.3. The maximum atomic E-state index is 12.4. The van der Waals surface area contributed by atoms with Gasteiger partial charge in [-0.05, 0) is 56.1 Å². The number of benzene rings is 1. The molecular weight excluding hydrogens is 389 g/mol. The van der Waals surface area contributed by atoms with Crippen LogP contribution in [-0.4, -0.2) is 34.9 Å². The summed E-state index contributed by atoms with van der Waals surface area (Å²) >= 11 is 1.77. The van der Waals surface area contributed by atoms with Crippen molar-refractivity contribution >= 4 is 52.3 Å². The number of nitrogens with zero attached hydrogens (tertiary/aromatic N) is 2. The molecule has 1 aliphatic carbocycles. The summed E-state index contributed by atoms with van der Waals surface area (Å²) < 4.78 is 1.25. The number of thiazole rings is 1. The minimum Gasteiger partial charge on any atom is -0.342 e. The number of aromatic nitrogens is 1. The number of para-hydroxylation sites is 1. The van der Waals surface area contributed by atoms with Crippen molar-refractivity contribution in [3.8, 4) is 0 Å². The fraction of sp³-hybridized carbons (Fsp3) is 0.579. The predicted molar refractivity (Wildman–Crippen MR) is 112 cm³/mol. The number of fused-ring (bicyclic) bond motifs is 2. The number of rotatable bonds is 5. The van der Waals surface area contributed by atoms with E-state index in [9.17, 15) is 4.79 Å². The molecule has 26 heavy (non-hydrogen) atoms. The van der Waals surface area contributed by atoms with Gasteiger partial charge in [-0.15, -0.1) is 36.2 Å². The van der Waals surface area contributed by atoms with Crippen LogP contribution in [0.15, 0.2) is 24.3 Å². The lowest BCUT2D eigenvalue weighted by Crippen LogP contribution is -2.33. The van der Waals surface area contributed by atoms with Crippen molar-refractivity contribution in [3.05, 3.63) is 29.3 Å². The van der Waals surface area contributed by atoms with Gasteiger partial charge in [0.1, 0.15) is 0 Å². The molecule has 2 fully saturated rings. The Morgan fingerprint density at radius 2 is 2.00 bits per heavy atom. The van der Waals surface area contributed by atoms with E-state index in [1.54, 1.807) is 11.3 Å². The van der Waals surface area contributed by atoms with Gasteiger partial charge in [-0.3, -0.25) is 4.79 Å². The van der Waals surface area contributed by atoms with Crippen LogP contribution in [0.4, 0.5) is 0 Å². The Bertz CT molecular complexity index is 705. The largest absolute Gasteiger partial charge is 0.342 e. The van der Waals surface area contributed by atoms with Crippen LogP contribution in [0.25, 0.3) is 10.2 Å². The van der Waals surface area contributed by atoms with E-state index in [0.29, 0.717) is 30.2 Å². The molecule has 2 aromatic rings. The first kappa shape index (κ1) is 21.4. The van der Waals surface area contributed by atoms with E-state index in [0.717, 1.165) is 44.3 Å². The molecule has 4 nitrogen and oxygen atoms in total. The highest BCUT2D eigenvalue weighted by atomic mass is 35.5. The van der Waals surface area contributed by atoms with Crippen molar-refractivity contribution in [1.29, 1.82) is 0 Å². The number of carbonyl (C=O) groups is 1. The predicted octanol–water partition coefficient (Wildman–Crippen LogP) is 4.05. The average Bonchev–Trinajstić information content (AvgIpc) is 3.26. The molecule has 144 valence electrons. The molecular formula is C19H27Cl2N3OS. The molecule has 1 amide bonds. The third-order valence-electron chi connectivity index (χ3n) is 5.63. The molecule has 1 aromatic heterocycles. The lowest BCUT2D eigenvalue weighted by atomic mass is 9.98. The minimum atomic E-state index is 0. The van der Waals surface area contributed by atoms with Gasteiger partial charge in [-0.25, -0.2) is 4.98 Å². The molecule has 2 N–H and O–H groups in total. The second-order valence-electron chi connectivity index (χ2n) is 7.25. The SMILES string of the molecule is Cl.Cl.NC1CCC2CN(C(=O)CCCCc3nc4ccccc4s3)CC12. The molecule has 3 atom stereocenters. The molecule has 0 radical (unpaired) electrons. The summed E-state index contributed by atoms with van der Waals surface area (Å²) in [5, 5.41) is 1.19. The first-order valence-corrected chi connectivity index (χ1v) is 9.90.